The Morgan fingerprint density at radius 3 is 2.28 bits per heavy atom. The number of carboxylic acid groups (broad SMARTS) is 2. The molecule has 2 rings (SSSR count). The Balaban J connectivity index is 1.83. The molecule has 0 radical (unpaired) electrons. The molecule has 3 unspecified atom stereocenters. The zero-order chi connectivity index (χ0) is 13.3. The lowest BCUT2D eigenvalue weighted by molar-refractivity contribution is -0.143. The van der Waals surface area contributed by atoms with E-state index in [0.29, 0.717) is 11.8 Å². The average Bonchev–Trinajstić information content (AvgIpc) is 2.77. The first-order valence-corrected chi connectivity index (χ1v) is 6.25. The highest BCUT2D eigenvalue weighted by molar-refractivity contribution is 5.87. The van der Waals surface area contributed by atoms with Crippen LogP contribution in [-0.4, -0.2) is 34.1 Å². The van der Waals surface area contributed by atoms with E-state index in [2.05, 4.69) is 5.32 Å². The van der Waals surface area contributed by atoms with E-state index in [4.69, 9.17) is 10.2 Å². The number of amides is 1. The maximum Gasteiger partial charge on any atom is 0.326 e. The summed E-state index contributed by atoms with van der Waals surface area (Å²) in [7, 11) is 0. The molecular weight excluding hydrogens is 238 g/mol. The maximum atomic E-state index is 11.9. The summed E-state index contributed by atoms with van der Waals surface area (Å²) in [4.78, 5) is 33.2. The molecule has 0 aromatic carbocycles. The quantitative estimate of drug-likeness (QED) is 0.640. The number of nitrogens with one attached hydrogen (secondary N) is 1. The van der Waals surface area contributed by atoms with E-state index in [1.165, 1.54) is 0 Å². The normalized spacial score (nSPS) is 30.3. The topological polar surface area (TPSA) is 104 Å². The van der Waals surface area contributed by atoms with Gasteiger partial charge in [-0.1, -0.05) is 6.42 Å². The maximum absolute atomic E-state index is 11.9. The summed E-state index contributed by atoms with van der Waals surface area (Å²) >= 11 is 0. The van der Waals surface area contributed by atoms with Gasteiger partial charge in [-0.2, -0.15) is 0 Å². The van der Waals surface area contributed by atoms with Crippen molar-refractivity contribution < 1.29 is 24.6 Å². The molecule has 2 aliphatic rings. The van der Waals surface area contributed by atoms with Gasteiger partial charge in [-0.15, -0.1) is 0 Å². The summed E-state index contributed by atoms with van der Waals surface area (Å²) < 4.78 is 0. The lowest BCUT2D eigenvalue weighted by Crippen LogP contribution is -2.42. The molecule has 3 atom stereocenters. The number of carbonyl (C=O) groups is 3. The van der Waals surface area contributed by atoms with Crippen LogP contribution in [-0.2, 0) is 14.4 Å². The van der Waals surface area contributed by atoms with Crippen molar-refractivity contribution in [3.05, 3.63) is 0 Å². The molecule has 2 aliphatic carbocycles. The van der Waals surface area contributed by atoms with Gasteiger partial charge in [0.2, 0.25) is 5.91 Å². The van der Waals surface area contributed by atoms with Crippen LogP contribution >= 0.6 is 0 Å². The zero-order valence-corrected chi connectivity index (χ0v) is 9.96. The van der Waals surface area contributed by atoms with E-state index in [1.54, 1.807) is 0 Å². The van der Waals surface area contributed by atoms with Gasteiger partial charge in [0.15, 0.2) is 0 Å². The van der Waals surface area contributed by atoms with E-state index in [-0.39, 0.29) is 24.7 Å². The molecule has 0 aromatic heterocycles. The van der Waals surface area contributed by atoms with Crippen molar-refractivity contribution in [3.8, 4) is 0 Å². The van der Waals surface area contributed by atoms with Gasteiger partial charge in [0.1, 0.15) is 6.04 Å². The second-order valence-corrected chi connectivity index (χ2v) is 5.12. The van der Waals surface area contributed by atoms with Gasteiger partial charge in [-0.3, -0.25) is 9.59 Å². The number of aliphatic carboxylic acids is 2. The summed E-state index contributed by atoms with van der Waals surface area (Å²) in [6, 6.07) is -1.09. The molecule has 3 N–H and O–H groups in total. The standard InChI is InChI=1S/C12H17NO5/c14-9(15)5-4-8(12(17)18)13-11(16)10-6-2-1-3-7(6)10/h6-8,10H,1-5H2,(H,13,16)(H,14,15)(H,17,18). The lowest BCUT2D eigenvalue weighted by Gasteiger charge is -2.14. The van der Waals surface area contributed by atoms with Gasteiger partial charge in [0.25, 0.3) is 0 Å². The van der Waals surface area contributed by atoms with Gasteiger partial charge in [-0.05, 0) is 31.1 Å². The molecule has 0 aliphatic heterocycles. The smallest absolute Gasteiger partial charge is 0.326 e. The molecule has 6 nitrogen and oxygen atoms in total. The molecule has 100 valence electrons. The molecule has 18 heavy (non-hydrogen) atoms. The van der Waals surface area contributed by atoms with Crippen molar-refractivity contribution >= 4 is 17.8 Å². The fourth-order valence-electron chi connectivity index (χ4n) is 3.00. The van der Waals surface area contributed by atoms with E-state index in [9.17, 15) is 14.4 Å². The van der Waals surface area contributed by atoms with Gasteiger partial charge in [0, 0.05) is 12.3 Å². The predicted octanol–water partition coefficient (Wildman–Crippen LogP) is 0.467. The molecule has 0 bridgehead atoms. The molecule has 2 saturated carbocycles. The molecular formula is C12H17NO5. The van der Waals surface area contributed by atoms with Crippen LogP contribution in [0.3, 0.4) is 0 Å². The Kier molecular flexibility index (Phi) is 3.54. The molecule has 0 spiro atoms. The summed E-state index contributed by atoms with van der Waals surface area (Å²) in [5, 5.41) is 19.9. The highest BCUT2D eigenvalue weighted by Crippen LogP contribution is 2.57. The molecule has 1 amide bonds. The van der Waals surface area contributed by atoms with Crippen molar-refractivity contribution in [2.75, 3.05) is 0 Å². The summed E-state index contributed by atoms with van der Waals surface area (Å²) in [5.41, 5.74) is 0. The van der Waals surface area contributed by atoms with Gasteiger partial charge in [-0.25, -0.2) is 4.79 Å². The van der Waals surface area contributed by atoms with Gasteiger partial charge in [0.05, 0.1) is 0 Å². The van der Waals surface area contributed by atoms with Crippen molar-refractivity contribution in [3.63, 3.8) is 0 Å². The van der Waals surface area contributed by atoms with Crippen LogP contribution in [0.5, 0.6) is 0 Å². The van der Waals surface area contributed by atoms with Crippen LogP contribution in [0.1, 0.15) is 32.1 Å². The second-order valence-electron chi connectivity index (χ2n) is 5.12. The van der Waals surface area contributed by atoms with Crippen molar-refractivity contribution in [2.24, 2.45) is 17.8 Å². The van der Waals surface area contributed by atoms with Crippen LogP contribution < -0.4 is 5.32 Å². The summed E-state index contributed by atoms with van der Waals surface area (Å²) in [5.74, 6) is -1.63. The minimum atomic E-state index is -1.17. The lowest BCUT2D eigenvalue weighted by atomic mass is 10.1. The fourth-order valence-corrected chi connectivity index (χ4v) is 3.00. The SMILES string of the molecule is O=C(O)CCC(NC(=O)C1C2CCCC21)C(=O)O. The number of fused-ring (bicyclic) bond motifs is 1. The summed E-state index contributed by atoms with van der Waals surface area (Å²) in [6.45, 7) is 0. The Morgan fingerprint density at radius 1 is 1.17 bits per heavy atom. The number of carboxylic acids is 2. The highest BCUT2D eigenvalue weighted by atomic mass is 16.4. The van der Waals surface area contributed by atoms with Crippen LogP contribution in [0.4, 0.5) is 0 Å². The first-order chi connectivity index (χ1) is 8.50. The molecule has 0 saturated heterocycles. The highest BCUT2D eigenvalue weighted by Gasteiger charge is 2.56. The third-order valence-corrected chi connectivity index (χ3v) is 3.97. The Morgan fingerprint density at radius 2 is 1.78 bits per heavy atom. The largest absolute Gasteiger partial charge is 0.481 e. The summed E-state index contributed by atoms with van der Waals surface area (Å²) in [6.07, 6.45) is 2.93. The van der Waals surface area contributed by atoms with Crippen LogP contribution in [0.2, 0.25) is 0 Å². The van der Waals surface area contributed by atoms with Crippen molar-refractivity contribution in [1.82, 2.24) is 5.32 Å². The van der Waals surface area contributed by atoms with Crippen molar-refractivity contribution in [2.45, 2.75) is 38.1 Å². The molecule has 0 aromatic rings. The van der Waals surface area contributed by atoms with Gasteiger partial charge >= 0.3 is 11.9 Å². The first-order valence-electron chi connectivity index (χ1n) is 6.25. The number of hydrogen-bond donors (Lipinski definition) is 3. The third kappa shape index (κ3) is 2.63. The first kappa shape index (κ1) is 12.9. The van der Waals surface area contributed by atoms with Crippen LogP contribution in [0, 0.1) is 17.8 Å². The Bertz CT molecular complexity index is 371. The third-order valence-electron chi connectivity index (χ3n) is 3.97. The number of carbonyl (C=O) groups excluding carboxylic acids is 1. The van der Waals surface area contributed by atoms with E-state index >= 15 is 0 Å². The fraction of sp³-hybridized carbons (Fsp3) is 0.750. The zero-order valence-electron chi connectivity index (χ0n) is 9.96. The average molecular weight is 255 g/mol. The Labute approximate surface area is 104 Å². The van der Waals surface area contributed by atoms with E-state index < -0.39 is 18.0 Å². The second kappa shape index (κ2) is 4.96. The number of rotatable bonds is 6. The predicted molar refractivity (Wildman–Crippen MR) is 60.8 cm³/mol. The van der Waals surface area contributed by atoms with Crippen molar-refractivity contribution in [1.29, 1.82) is 0 Å². The monoisotopic (exact) mass is 255 g/mol. The van der Waals surface area contributed by atoms with Gasteiger partial charge < -0.3 is 15.5 Å². The minimum Gasteiger partial charge on any atom is -0.481 e. The van der Waals surface area contributed by atoms with Crippen LogP contribution in [0.25, 0.3) is 0 Å². The Hall–Kier alpha value is -1.59. The number of hydrogen-bond acceptors (Lipinski definition) is 3. The molecule has 6 heteroatoms. The minimum absolute atomic E-state index is 0.0366. The molecule has 2 fully saturated rings. The van der Waals surface area contributed by atoms with Crippen LogP contribution in [0.15, 0.2) is 0 Å². The van der Waals surface area contributed by atoms with E-state index in [0.717, 1.165) is 19.3 Å². The molecule has 0 heterocycles. The van der Waals surface area contributed by atoms with E-state index in [1.807, 2.05) is 0 Å².